The van der Waals surface area contributed by atoms with Crippen molar-refractivity contribution in [3.8, 4) is 10.6 Å². The van der Waals surface area contributed by atoms with Crippen LogP contribution in [0.15, 0.2) is 42.7 Å². The first kappa shape index (κ1) is 15.2. The van der Waals surface area contributed by atoms with Crippen molar-refractivity contribution in [3.05, 3.63) is 48.3 Å². The number of aromatic nitrogens is 3. The molecule has 0 aliphatic carbocycles. The maximum Gasteiger partial charge on any atom is 0.416 e. The van der Waals surface area contributed by atoms with Gasteiger partial charge in [0.25, 0.3) is 0 Å². The molecule has 0 bridgehead atoms. The summed E-state index contributed by atoms with van der Waals surface area (Å²) in [6.45, 7) is 0. The molecule has 2 heterocycles. The Bertz CT molecular complexity index is 831. The van der Waals surface area contributed by atoms with E-state index in [0.717, 1.165) is 17.0 Å². The first-order chi connectivity index (χ1) is 10.9. The van der Waals surface area contributed by atoms with Crippen molar-refractivity contribution >= 4 is 28.1 Å². The largest absolute Gasteiger partial charge is 0.416 e. The molecule has 0 saturated heterocycles. The van der Waals surface area contributed by atoms with Crippen LogP contribution in [0, 0.1) is 0 Å². The third-order valence-corrected chi connectivity index (χ3v) is 3.73. The van der Waals surface area contributed by atoms with Crippen LogP contribution in [0.25, 0.3) is 10.6 Å². The molecule has 3 N–H and O–H groups in total. The van der Waals surface area contributed by atoms with Crippen molar-refractivity contribution in [2.75, 3.05) is 11.1 Å². The van der Waals surface area contributed by atoms with Gasteiger partial charge in [-0.2, -0.15) is 13.2 Å². The number of nitrogens with one attached hydrogen (secondary N) is 1. The Morgan fingerprint density at radius 1 is 1.13 bits per heavy atom. The number of hydrogen-bond donors (Lipinski definition) is 2. The molecule has 0 amide bonds. The Labute approximate surface area is 133 Å². The number of anilines is 3. The van der Waals surface area contributed by atoms with Gasteiger partial charge in [-0.05, 0) is 24.3 Å². The summed E-state index contributed by atoms with van der Waals surface area (Å²) in [5, 5.41) is 3.17. The zero-order valence-electron chi connectivity index (χ0n) is 11.5. The summed E-state index contributed by atoms with van der Waals surface area (Å²) in [7, 11) is 0. The van der Waals surface area contributed by atoms with Gasteiger partial charge >= 0.3 is 6.18 Å². The number of thiazole rings is 1. The van der Waals surface area contributed by atoms with E-state index in [2.05, 4.69) is 20.3 Å². The Morgan fingerprint density at radius 3 is 2.65 bits per heavy atom. The van der Waals surface area contributed by atoms with Crippen LogP contribution >= 0.6 is 11.3 Å². The summed E-state index contributed by atoms with van der Waals surface area (Å²) in [4.78, 5) is 12.9. The van der Waals surface area contributed by atoms with E-state index in [1.54, 1.807) is 12.3 Å². The molecule has 9 heteroatoms. The molecule has 23 heavy (non-hydrogen) atoms. The quantitative estimate of drug-likeness (QED) is 0.757. The molecular formula is C14H10F3N5S. The van der Waals surface area contributed by atoms with Gasteiger partial charge in [-0.25, -0.2) is 15.0 Å². The third kappa shape index (κ3) is 3.57. The van der Waals surface area contributed by atoms with Gasteiger partial charge in [0.2, 0.25) is 5.95 Å². The first-order valence-electron chi connectivity index (χ1n) is 6.41. The van der Waals surface area contributed by atoms with Crippen LogP contribution in [-0.2, 0) is 6.18 Å². The number of benzene rings is 1. The van der Waals surface area contributed by atoms with Gasteiger partial charge in [0.15, 0.2) is 5.13 Å². The number of nitrogen functional groups attached to an aromatic ring is 1. The van der Waals surface area contributed by atoms with E-state index in [1.165, 1.54) is 29.7 Å². The van der Waals surface area contributed by atoms with E-state index in [-0.39, 0.29) is 11.6 Å². The summed E-state index contributed by atoms with van der Waals surface area (Å²) in [6.07, 6.45) is -1.31. The third-order valence-electron chi connectivity index (χ3n) is 2.88. The van der Waals surface area contributed by atoms with E-state index in [9.17, 15) is 13.2 Å². The zero-order chi connectivity index (χ0) is 16.4. The van der Waals surface area contributed by atoms with Gasteiger partial charge < -0.3 is 11.1 Å². The average Bonchev–Trinajstić information content (AvgIpc) is 2.94. The molecule has 0 aliphatic heterocycles. The van der Waals surface area contributed by atoms with Gasteiger partial charge in [0.1, 0.15) is 0 Å². The number of halogens is 3. The lowest BCUT2D eigenvalue weighted by Gasteiger charge is -2.10. The Kier molecular flexibility index (Phi) is 3.87. The number of nitrogens with zero attached hydrogens (tertiary/aromatic N) is 3. The Hall–Kier alpha value is -2.68. The normalized spacial score (nSPS) is 11.4. The molecule has 0 fully saturated rings. The van der Waals surface area contributed by atoms with Gasteiger partial charge in [-0.1, -0.05) is 17.4 Å². The Morgan fingerprint density at radius 2 is 1.96 bits per heavy atom. The summed E-state index contributed by atoms with van der Waals surface area (Å²) in [5.41, 5.74) is 5.67. The van der Waals surface area contributed by atoms with Crippen LogP contribution in [-0.4, -0.2) is 15.0 Å². The maximum absolute atomic E-state index is 12.7. The average molecular weight is 337 g/mol. The van der Waals surface area contributed by atoms with E-state index in [4.69, 9.17) is 5.73 Å². The van der Waals surface area contributed by atoms with Gasteiger partial charge in [0.05, 0.1) is 16.1 Å². The lowest BCUT2D eigenvalue weighted by Crippen LogP contribution is -2.05. The van der Waals surface area contributed by atoms with Gasteiger partial charge in [0, 0.05) is 18.1 Å². The van der Waals surface area contributed by atoms with Crippen LogP contribution in [0.4, 0.5) is 29.9 Å². The van der Waals surface area contributed by atoms with Crippen LogP contribution in [0.2, 0.25) is 0 Å². The Balaban J connectivity index is 1.86. The molecule has 3 rings (SSSR count). The molecule has 1 aromatic carbocycles. The highest BCUT2D eigenvalue weighted by Crippen LogP contribution is 2.31. The van der Waals surface area contributed by atoms with E-state index in [1.807, 2.05) is 0 Å². The second-order valence-corrected chi connectivity index (χ2v) is 5.59. The molecule has 0 saturated carbocycles. The topological polar surface area (TPSA) is 76.7 Å². The minimum atomic E-state index is -4.40. The lowest BCUT2D eigenvalue weighted by atomic mass is 10.2. The minimum Gasteiger partial charge on any atom is -0.375 e. The molecule has 5 nitrogen and oxygen atoms in total. The smallest absolute Gasteiger partial charge is 0.375 e. The second kappa shape index (κ2) is 5.84. The highest BCUT2D eigenvalue weighted by Gasteiger charge is 2.30. The molecule has 0 atom stereocenters. The van der Waals surface area contributed by atoms with Crippen LogP contribution in [0.1, 0.15) is 5.56 Å². The van der Waals surface area contributed by atoms with Crippen LogP contribution in [0.3, 0.4) is 0 Å². The molecule has 0 unspecified atom stereocenters. The number of nitrogens with two attached hydrogens (primary N) is 1. The van der Waals surface area contributed by atoms with Gasteiger partial charge in [-0.15, -0.1) is 0 Å². The van der Waals surface area contributed by atoms with E-state index in [0.29, 0.717) is 10.8 Å². The first-order valence-corrected chi connectivity index (χ1v) is 7.22. The van der Waals surface area contributed by atoms with Crippen LogP contribution in [0.5, 0.6) is 0 Å². The molecule has 0 spiro atoms. The standard InChI is InChI=1S/C14H10F3N5S/c15-14(16,17)8-2-1-3-9(6-8)21-13-19-5-4-10(22-13)11-7-20-12(18)23-11/h1-7H,(H2,18,20)(H,19,21,22). The van der Waals surface area contributed by atoms with Crippen molar-refractivity contribution in [1.29, 1.82) is 0 Å². The minimum absolute atomic E-state index is 0.189. The van der Waals surface area contributed by atoms with Crippen molar-refractivity contribution in [1.82, 2.24) is 15.0 Å². The predicted molar refractivity (Wildman–Crippen MR) is 82.3 cm³/mol. The van der Waals surface area contributed by atoms with Crippen molar-refractivity contribution in [3.63, 3.8) is 0 Å². The summed E-state index contributed by atoms with van der Waals surface area (Å²) in [5.74, 6) is 0.189. The lowest BCUT2D eigenvalue weighted by molar-refractivity contribution is -0.137. The monoisotopic (exact) mass is 337 g/mol. The molecule has 0 radical (unpaired) electrons. The zero-order valence-corrected chi connectivity index (χ0v) is 12.3. The number of hydrogen-bond acceptors (Lipinski definition) is 6. The SMILES string of the molecule is Nc1ncc(-c2ccnc(Nc3cccc(C(F)(F)F)c3)n2)s1. The number of rotatable bonds is 3. The molecule has 0 aliphatic rings. The van der Waals surface area contributed by atoms with Gasteiger partial charge in [-0.3, -0.25) is 0 Å². The summed E-state index contributed by atoms with van der Waals surface area (Å²) < 4.78 is 38.2. The fourth-order valence-corrected chi connectivity index (χ4v) is 2.52. The van der Waals surface area contributed by atoms with Crippen molar-refractivity contribution in [2.45, 2.75) is 6.18 Å². The maximum atomic E-state index is 12.7. The molecular weight excluding hydrogens is 327 g/mol. The molecule has 3 aromatic rings. The molecule has 118 valence electrons. The fourth-order valence-electron chi connectivity index (χ4n) is 1.86. The fraction of sp³-hybridized carbons (Fsp3) is 0.0714. The molecule has 2 aromatic heterocycles. The van der Waals surface area contributed by atoms with E-state index >= 15 is 0 Å². The predicted octanol–water partition coefficient (Wildman–Crippen LogP) is 3.94. The van der Waals surface area contributed by atoms with Crippen molar-refractivity contribution < 1.29 is 13.2 Å². The number of alkyl halides is 3. The van der Waals surface area contributed by atoms with E-state index < -0.39 is 11.7 Å². The van der Waals surface area contributed by atoms with Crippen LogP contribution < -0.4 is 11.1 Å². The highest BCUT2D eigenvalue weighted by atomic mass is 32.1. The summed E-state index contributed by atoms with van der Waals surface area (Å²) in [6, 6.07) is 6.50. The summed E-state index contributed by atoms with van der Waals surface area (Å²) >= 11 is 1.26. The second-order valence-electron chi connectivity index (χ2n) is 4.53. The highest BCUT2D eigenvalue weighted by molar-refractivity contribution is 7.18. The van der Waals surface area contributed by atoms with Crippen molar-refractivity contribution in [2.24, 2.45) is 0 Å².